The number of halogens is 4. The number of nitrogens with one attached hydrogen (secondary N) is 1. The molecule has 13 heteroatoms. The van der Waals surface area contributed by atoms with E-state index in [0.29, 0.717) is 5.56 Å². The summed E-state index contributed by atoms with van der Waals surface area (Å²) in [5.41, 5.74) is 5.44. The maximum atomic E-state index is 15.0. The van der Waals surface area contributed by atoms with E-state index in [1.54, 1.807) is 26.8 Å². The van der Waals surface area contributed by atoms with Gasteiger partial charge < -0.3 is 10.5 Å². The van der Waals surface area contributed by atoms with Gasteiger partial charge in [-0.1, -0.05) is 51.1 Å². The molecule has 37 heavy (non-hydrogen) atoms. The number of carbonyl (C=O) groups excluding carboxylic acids is 1. The molecule has 1 aromatic heterocycles. The minimum atomic E-state index is -5.22. The third-order valence-corrected chi connectivity index (χ3v) is 6.92. The Morgan fingerprint density at radius 2 is 1.65 bits per heavy atom. The van der Waals surface area contributed by atoms with Gasteiger partial charge in [-0.05, 0) is 23.1 Å². The second kappa shape index (κ2) is 10.4. The molecular weight excluding hydrogens is 516 g/mol. The van der Waals surface area contributed by atoms with Gasteiger partial charge in [0.15, 0.2) is 0 Å². The van der Waals surface area contributed by atoms with E-state index in [2.05, 4.69) is 19.4 Å². The number of hydrogen-bond donors (Lipinski definition) is 2. The summed E-state index contributed by atoms with van der Waals surface area (Å²) in [7, 11) is -4.36. The van der Waals surface area contributed by atoms with Crippen LogP contribution in [0, 0.1) is 11.2 Å². The Labute approximate surface area is 210 Å². The molecule has 1 atom stereocenters. The first kappa shape index (κ1) is 28.0. The first-order valence-corrected chi connectivity index (χ1v) is 12.3. The van der Waals surface area contributed by atoms with Gasteiger partial charge in [0, 0.05) is 29.1 Å². The number of anilines is 1. The minimum Gasteiger partial charge on any atom is -0.457 e. The van der Waals surface area contributed by atoms with Gasteiger partial charge in [-0.15, -0.1) is 0 Å². The monoisotopic (exact) mass is 540 g/mol. The topological polar surface area (TPSA) is 124 Å². The largest absolute Gasteiger partial charge is 0.490 e. The highest BCUT2D eigenvalue weighted by Gasteiger charge is 2.42. The van der Waals surface area contributed by atoms with E-state index in [-0.39, 0.29) is 27.5 Å². The molecule has 0 aliphatic rings. The summed E-state index contributed by atoms with van der Waals surface area (Å²) in [4.78, 5) is 18.6. The standard InChI is InChI=1S/C24H24F4N4O4S/c1-23(2,3)20(13-36-21(33)24(26,27)28)32-37(34,35)19-7-5-4-6-17(19)14-8-9-16(18(25)10-14)15-11-30-22(29)31-12-15/h4-12,20,32H,13H2,1-3H3,(H2,29,30,31)/t20-/m1/s1. The highest BCUT2D eigenvalue weighted by molar-refractivity contribution is 7.89. The quantitative estimate of drug-likeness (QED) is 0.338. The zero-order chi connectivity index (χ0) is 27.6. The molecule has 2 aromatic carbocycles. The van der Waals surface area contributed by atoms with Crippen molar-refractivity contribution in [3.8, 4) is 22.3 Å². The molecular formula is C24H24F4N4O4S. The molecule has 0 bridgehead atoms. The molecule has 3 aromatic rings. The van der Waals surface area contributed by atoms with E-state index >= 15 is 0 Å². The van der Waals surface area contributed by atoms with E-state index in [9.17, 15) is 30.8 Å². The van der Waals surface area contributed by atoms with Crippen molar-refractivity contribution in [2.45, 2.75) is 37.9 Å². The third-order valence-electron chi connectivity index (χ3n) is 5.39. The van der Waals surface area contributed by atoms with Crippen molar-refractivity contribution in [2.24, 2.45) is 5.41 Å². The van der Waals surface area contributed by atoms with Gasteiger partial charge in [0.2, 0.25) is 16.0 Å². The number of hydrogen-bond acceptors (Lipinski definition) is 7. The molecule has 198 valence electrons. The molecule has 1 heterocycles. The fourth-order valence-corrected chi connectivity index (χ4v) is 4.94. The molecule has 0 fully saturated rings. The fourth-order valence-electron chi connectivity index (χ4n) is 3.29. The van der Waals surface area contributed by atoms with Crippen LogP contribution >= 0.6 is 0 Å². The van der Waals surface area contributed by atoms with E-state index < -0.39 is 46.0 Å². The van der Waals surface area contributed by atoms with Crippen LogP contribution < -0.4 is 10.5 Å². The second-order valence-electron chi connectivity index (χ2n) is 9.16. The highest BCUT2D eigenvalue weighted by Crippen LogP contribution is 2.32. The average Bonchev–Trinajstić information content (AvgIpc) is 2.81. The molecule has 0 unspecified atom stereocenters. The van der Waals surface area contributed by atoms with Crippen LogP contribution in [0.3, 0.4) is 0 Å². The Balaban J connectivity index is 1.94. The Morgan fingerprint density at radius 3 is 2.22 bits per heavy atom. The van der Waals surface area contributed by atoms with Crippen LogP contribution in [0.1, 0.15) is 20.8 Å². The van der Waals surface area contributed by atoms with Gasteiger partial charge >= 0.3 is 12.1 Å². The first-order chi connectivity index (χ1) is 17.1. The Kier molecular flexibility index (Phi) is 7.89. The summed E-state index contributed by atoms with van der Waals surface area (Å²) in [6.45, 7) is 3.86. The van der Waals surface area contributed by atoms with Gasteiger partial charge in [-0.25, -0.2) is 32.3 Å². The molecule has 0 aliphatic carbocycles. The lowest BCUT2D eigenvalue weighted by Gasteiger charge is -2.31. The van der Waals surface area contributed by atoms with Crippen molar-refractivity contribution in [2.75, 3.05) is 12.3 Å². The van der Waals surface area contributed by atoms with Crippen LogP contribution in [0.5, 0.6) is 0 Å². The van der Waals surface area contributed by atoms with Crippen LogP contribution in [0.15, 0.2) is 59.8 Å². The maximum Gasteiger partial charge on any atom is 0.490 e. The van der Waals surface area contributed by atoms with Crippen molar-refractivity contribution in [3.05, 3.63) is 60.7 Å². The predicted molar refractivity (Wildman–Crippen MR) is 128 cm³/mol. The molecule has 3 N–H and O–H groups in total. The van der Waals surface area contributed by atoms with E-state index in [1.165, 1.54) is 42.7 Å². The van der Waals surface area contributed by atoms with E-state index in [0.717, 1.165) is 6.07 Å². The number of nitrogens with two attached hydrogens (primary N) is 1. The smallest absolute Gasteiger partial charge is 0.457 e. The normalized spacial score (nSPS) is 13.3. The number of nitrogen functional groups attached to an aromatic ring is 1. The average molecular weight is 541 g/mol. The van der Waals surface area contributed by atoms with Crippen molar-refractivity contribution in [1.29, 1.82) is 0 Å². The number of sulfonamides is 1. The second-order valence-corrected chi connectivity index (χ2v) is 10.8. The zero-order valence-electron chi connectivity index (χ0n) is 20.0. The zero-order valence-corrected chi connectivity index (χ0v) is 20.8. The van der Waals surface area contributed by atoms with Gasteiger partial charge in [0.05, 0.1) is 10.9 Å². The number of alkyl halides is 3. The molecule has 0 spiro atoms. The highest BCUT2D eigenvalue weighted by atomic mass is 32.2. The lowest BCUT2D eigenvalue weighted by molar-refractivity contribution is -0.200. The number of benzene rings is 2. The van der Waals surface area contributed by atoms with Crippen LogP contribution in [0.2, 0.25) is 0 Å². The van der Waals surface area contributed by atoms with E-state index in [1.807, 2.05) is 0 Å². The molecule has 8 nitrogen and oxygen atoms in total. The van der Waals surface area contributed by atoms with Crippen molar-refractivity contribution in [3.63, 3.8) is 0 Å². The Hall–Kier alpha value is -3.58. The van der Waals surface area contributed by atoms with Crippen molar-refractivity contribution >= 4 is 21.9 Å². The SMILES string of the molecule is CC(C)(C)[C@@H](COC(=O)C(F)(F)F)NS(=O)(=O)c1ccccc1-c1ccc(-c2cnc(N)nc2)c(F)c1. The van der Waals surface area contributed by atoms with Gasteiger partial charge in [-0.2, -0.15) is 13.2 Å². The fraction of sp³-hybridized carbons (Fsp3) is 0.292. The molecule has 3 rings (SSSR count). The summed E-state index contributed by atoms with van der Waals surface area (Å²) in [6.07, 6.45) is -2.52. The summed E-state index contributed by atoms with van der Waals surface area (Å²) < 4.78 is 86.0. The number of nitrogens with zero attached hydrogens (tertiary/aromatic N) is 2. The lowest BCUT2D eigenvalue weighted by atomic mass is 9.88. The van der Waals surface area contributed by atoms with Crippen LogP contribution in [-0.4, -0.2) is 43.2 Å². The first-order valence-electron chi connectivity index (χ1n) is 10.8. The molecule has 0 saturated heterocycles. The number of carbonyl (C=O) groups is 1. The van der Waals surface area contributed by atoms with Crippen LogP contribution in [0.25, 0.3) is 22.3 Å². The van der Waals surface area contributed by atoms with Crippen molar-refractivity contribution in [1.82, 2.24) is 14.7 Å². The Morgan fingerprint density at radius 1 is 1.03 bits per heavy atom. The third kappa shape index (κ3) is 6.80. The number of esters is 1. The minimum absolute atomic E-state index is 0.0224. The molecule has 0 aliphatic heterocycles. The number of aromatic nitrogens is 2. The summed E-state index contributed by atoms with van der Waals surface area (Å²) in [5, 5.41) is 0. The van der Waals surface area contributed by atoms with Gasteiger partial charge in [0.1, 0.15) is 12.4 Å². The van der Waals surface area contributed by atoms with Gasteiger partial charge in [-0.3, -0.25) is 0 Å². The molecule has 0 amide bonds. The van der Waals surface area contributed by atoms with E-state index in [4.69, 9.17) is 5.73 Å². The van der Waals surface area contributed by atoms with Crippen LogP contribution in [0.4, 0.5) is 23.5 Å². The summed E-state index contributed by atoms with van der Waals surface area (Å²) >= 11 is 0. The molecule has 0 radical (unpaired) electrons. The molecule has 0 saturated carbocycles. The number of rotatable bonds is 7. The maximum absolute atomic E-state index is 15.0. The number of ether oxygens (including phenoxy) is 1. The van der Waals surface area contributed by atoms with Crippen molar-refractivity contribution < 1.29 is 35.5 Å². The van der Waals surface area contributed by atoms with Crippen LogP contribution in [-0.2, 0) is 19.6 Å². The lowest BCUT2D eigenvalue weighted by Crippen LogP contribution is -2.47. The summed E-state index contributed by atoms with van der Waals surface area (Å²) in [6, 6.07) is 8.63. The predicted octanol–water partition coefficient (Wildman–Crippen LogP) is 4.33. The van der Waals surface area contributed by atoms with Gasteiger partial charge in [0.25, 0.3) is 0 Å². The Bertz CT molecular complexity index is 1390. The summed E-state index contributed by atoms with van der Waals surface area (Å²) in [5.74, 6) is -3.07.